The summed E-state index contributed by atoms with van der Waals surface area (Å²) < 4.78 is 13.8. The van der Waals surface area contributed by atoms with Crippen molar-refractivity contribution in [3.8, 4) is 0 Å². The number of carbonyl (C=O) groups is 1. The predicted octanol–water partition coefficient (Wildman–Crippen LogP) is 0.870. The summed E-state index contributed by atoms with van der Waals surface area (Å²) in [5, 5.41) is 5.77. The monoisotopic (exact) mass is 251 g/mol. The van der Waals surface area contributed by atoms with Gasteiger partial charge in [0, 0.05) is 30.9 Å². The molecule has 0 saturated carbocycles. The highest BCUT2D eigenvalue weighted by Crippen LogP contribution is 2.25. The second kappa shape index (κ2) is 5.35. The number of piperazine rings is 1. The molecule has 1 fully saturated rings. The summed E-state index contributed by atoms with van der Waals surface area (Å²) in [6.45, 7) is 3.58. The summed E-state index contributed by atoms with van der Waals surface area (Å²) in [6.07, 6.45) is 0. The number of rotatable bonds is 3. The highest BCUT2D eigenvalue weighted by molar-refractivity contribution is 5.86. The minimum Gasteiger partial charge on any atom is -0.358 e. The van der Waals surface area contributed by atoms with Gasteiger partial charge in [-0.1, -0.05) is 6.07 Å². The average molecular weight is 251 g/mol. The van der Waals surface area contributed by atoms with Gasteiger partial charge in [0.2, 0.25) is 5.91 Å². The molecule has 1 aromatic rings. The second-order valence-corrected chi connectivity index (χ2v) is 4.43. The molecular weight excluding hydrogens is 233 g/mol. The van der Waals surface area contributed by atoms with Gasteiger partial charge < -0.3 is 15.5 Å². The number of anilines is 1. The maximum atomic E-state index is 13.8. The van der Waals surface area contributed by atoms with Crippen molar-refractivity contribution >= 4 is 11.6 Å². The van der Waals surface area contributed by atoms with E-state index in [9.17, 15) is 9.18 Å². The maximum absolute atomic E-state index is 13.8. The Balaban J connectivity index is 2.37. The third kappa shape index (κ3) is 2.31. The van der Waals surface area contributed by atoms with E-state index in [1.165, 1.54) is 6.07 Å². The van der Waals surface area contributed by atoms with Crippen LogP contribution in [-0.2, 0) is 11.3 Å². The third-order valence-corrected chi connectivity index (χ3v) is 3.26. The van der Waals surface area contributed by atoms with Crippen molar-refractivity contribution in [2.45, 2.75) is 19.5 Å². The lowest BCUT2D eigenvalue weighted by Gasteiger charge is -2.36. The number of hydrogen-bond donors (Lipinski definition) is 2. The highest BCUT2D eigenvalue weighted by atomic mass is 19.1. The number of nitrogens with zero attached hydrogens (tertiary/aromatic N) is 1. The molecule has 2 rings (SSSR count). The van der Waals surface area contributed by atoms with Gasteiger partial charge in [0.05, 0.1) is 0 Å². The van der Waals surface area contributed by atoms with E-state index in [4.69, 9.17) is 0 Å². The Morgan fingerprint density at radius 3 is 3.06 bits per heavy atom. The first-order valence-corrected chi connectivity index (χ1v) is 6.11. The lowest BCUT2D eigenvalue weighted by Crippen LogP contribution is -2.54. The van der Waals surface area contributed by atoms with Crippen LogP contribution in [0.4, 0.5) is 10.1 Å². The van der Waals surface area contributed by atoms with Crippen molar-refractivity contribution in [3.05, 3.63) is 29.6 Å². The zero-order valence-corrected chi connectivity index (χ0v) is 10.7. The Bertz CT molecular complexity index is 450. The molecule has 1 aromatic carbocycles. The molecular formula is C13H18FN3O. The number of carbonyl (C=O) groups excluding carboxylic acids is 1. The predicted molar refractivity (Wildman–Crippen MR) is 69.0 cm³/mol. The van der Waals surface area contributed by atoms with Crippen LogP contribution in [0, 0.1) is 5.82 Å². The van der Waals surface area contributed by atoms with Crippen LogP contribution in [0.5, 0.6) is 0 Å². The van der Waals surface area contributed by atoms with Gasteiger partial charge in [0.25, 0.3) is 0 Å². The van der Waals surface area contributed by atoms with E-state index < -0.39 is 0 Å². The fourth-order valence-electron chi connectivity index (χ4n) is 2.28. The zero-order valence-electron chi connectivity index (χ0n) is 10.7. The molecule has 2 N–H and O–H groups in total. The summed E-state index contributed by atoms with van der Waals surface area (Å²) in [5.74, 6) is -0.249. The molecule has 1 amide bonds. The highest BCUT2D eigenvalue weighted by Gasteiger charge is 2.27. The Morgan fingerprint density at radius 2 is 2.33 bits per heavy atom. The SMILES string of the molecule is CNCc1c(F)cccc1N1CCNC(=O)C1C. The number of hydrogen-bond acceptors (Lipinski definition) is 3. The van der Waals surface area contributed by atoms with Crippen molar-refractivity contribution in [3.63, 3.8) is 0 Å². The fourth-order valence-corrected chi connectivity index (χ4v) is 2.28. The van der Waals surface area contributed by atoms with Crippen molar-refractivity contribution < 1.29 is 9.18 Å². The minimum atomic E-state index is -0.267. The zero-order chi connectivity index (χ0) is 13.1. The van der Waals surface area contributed by atoms with Crippen molar-refractivity contribution in [1.82, 2.24) is 10.6 Å². The van der Waals surface area contributed by atoms with Gasteiger partial charge >= 0.3 is 0 Å². The number of nitrogens with one attached hydrogen (secondary N) is 2. The Hall–Kier alpha value is -1.62. The third-order valence-electron chi connectivity index (χ3n) is 3.26. The van der Waals surface area contributed by atoms with Crippen LogP contribution in [-0.4, -0.2) is 32.1 Å². The van der Waals surface area contributed by atoms with Crippen LogP contribution >= 0.6 is 0 Å². The summed E-state index contributed by atoms with van der Waals surface area (Å²) in [6, 6.07) is 4.73. The van der Waals surface area contributed by atoms with Gasteiger partial charge in [-0.2, -0.15) is 0 Å². The van der Waals surface area contributed by atoms with E-state index in [0.717, 1.165) is 5.69 Å². The molecule has 0 spiro atoms. The number of benzene rings is 1. The van der Waals surface area contributed by atoms with Crippen molar-refractivity contribution in [2.24, 2.45) is 0 Å². The largest absolute Gasteiger partial charge is 0.358 e. The summed E-state index contributed by atoms with van der Waals surface area (Å²) in [4.78, 5) is 13.6. The minimum absolute atomic E-state index is 0.0130. The van der Waals surface area contributed by atoms with Crippen LogP contribution in [0.2, 0.25) is 0 Å². The first-order valence-electron chi connectivity index (χ1n) is 6.11. The first-order chi connectivity index (χ1) is 8.65. The molecule has 1 aliphatic rings. The lowest BCUT2D eigenvalue weighted by molar-refractivity contribution is -0.122. The van der Waals surface area contributed by atoms with E-state index >= 15 is 0 Å². The Labute approximate surface area is 106 Å². The van der Waals surface area contributed by atoms with Gasteiger partial charge in [-0.05, 0) is 26.1 Å². The lowest BCUT2D eigenvalue weighted by atomic mass is 10.1. The van der Waals surface area contributed by atoms with E-state index in [2.05, 4.69) is 10.6 Å². The van der Waals surface area contributed by atoms with Crippen LogP contribution in [0.15, 0.2) is 18.2 Å². The molecule has 5 heteroatoms. The van der Waals surface area contributed by atoms with Crippen molar-refractivity contribution in [2.75, 3.05) is 25.0 Å². The van der Waals surface area contributed by atoms with Crippen LogP contribution in [0.3, 0.4) is 0 Å². The molecule has 0 radical (unpaired) electrons. The first kappa shape index (κ1) is 12.8. The van der Waals surface area contributed by atoms with Crippen LogP contribution < -0.4 is 15.5 Å². The van der Waals surface area contributed by atoms with Gasteiger partial charge in [-0.3, -0.25) is 4.79 Å². The Kier molecular flexibility index (Phi) is 3.81. The van der Waals surface area contributed by atoms with E-state index in [1.807, 2.05) is 17.9 Å². The fraction of sp³-hybridized carbons (Fsp3) is 0.462. The van der Waals surface area contributed by atoms with Gasteiger partial charge in [-0.25, -0.2) is 4.39 Å². The van der Waals surface area contributed by atoms with Crippen molar-refractivity contribution in [1.29, 1.82) is 0 Å². The van der Waals surface area contributed by atoms with Gasteiger partial charge in [0.15, 0.2) is 0 Å². The Morgan fingerprint density at radius 1 is 1.56 bits per heavy atom. The van der Waals surface area contributed by atoms with Crippen LogP contribution in [0.25, 0.3) is 0 Å². The summed E-state index contributed by atoms with van der Waals surface area (Å²) >= 11 is 0. The normalized spacial score (nSPS) is 19.8. The number of amides is 1. The molecule has 1 atom stereocenters. The van der Waals surface area contributed by atoms with Crippen LogP contribution in [0.1, 0.15) is 12.5 Å². The van der Waals surface area contributed by atoms with Gasteiger partial charge in [0.1, 0.15) is 11.9 Å². The molecule has 1 saturated heterocycles. The standard InChI is InChI=1S/C13H18FN3O/c1-9-13(18)16-6-7-17(9)12-5-3-4-11(14)10(12)8-15-2/h3-5,9,15H,6-8H2,1-2H3,(H,16,18). The quantitative estimate of drug-likeness (QED) is 0.838. The average Bonchev–Trinajstić information content (AvgIpc) is 2.36. The molecule has 1 aliphatic heterocycles. The molecule has 0 aliphatic carbocycles. The summed E-state index contributed by atoms with van der Waals surface area (Å²) in [5.41, 5.74) is 1.41. The molecule has 18 heavy (non-hydrogen) atoms. The molecule has 1 unspecified atom stereocenters. The molecule has 0 aromatic heterocycles. The molecule has 4 nitrogen and oxygen atoms in total. The molecule has 0 bridgehead atoms. The summed E-state index contributed by atoms with van der Waals surface area (Å²) in [7, 11) is 1.78. The van der Waals surface area contributed by atoms with E-state index in [1.54, 1.807) is 13.1 Å². The molecule has 1 heterocycles. The van der Waals surface area contributed by atoms with Gasteiger partial charge in [-0.15, -0.1) is 0 Å². The van der Waals surface area contributed by atoms with E-state index in [0.29, 0.717) is 25.2 Å². The smallest absolute Gasteiger partial charge is 0.242 e. The number of halogens is 1. The molecule has 98 valence electrons. The van der Waals surface area contributed by atoms with E-state index in [-0.39, 0.29) is 17.8 Å². The topological polar surface area (TPSA) is 44.4 Å². The maximum Gasteiger partial charge on any atom is 0.242 e. The second-order valence-electron chi connectivity index (χ2n) is 4.43.